The summed E-state index contributed by atoms with van der Waals surface area (Å²) < 4.78 is 5.18. The van der Waals surface area contributed by atoms with Crippen molar-refractivity contribution < 1.29 is 9.32 Å². The van der Waals surface area contributed by atoms with Crippen molar-refractivity contribution in [3.05, 3.63) is 52.4 Å². The van der Waals surface area contributed by atoms with Gasteiger partial charge in [0.1, 0.15) is 11.3 Å². The average Bonchev–Trinajstić information content (AvgIpc) is 3.16. The molecule has 1 amide bonds. The van der Waals surface area contributed by atoms with Crippen molar-refractivity contribution in [1.29, 1.82) is 0 Å². The second-order valence-corrected chi connectivity index (χ2v) is 6.64. The number of nitrogens with zero attached hydrogens (tertiary/aromatic N) is 3. The molecule has 1 aromatic carbocycles. The van der Waals surface area contributed by atoms with Crippen LogP contribution in [0.4, 0.5) is 5.13 Å². The fourth-order valence-electron chi connectivity index (χ4n) is 2.03. The normalized spacial score (nSPS) is 10.7. The van der Waals surface area contributed by atoms with Crippen LogP contribution in [0.1, 0.15) is 27.4 Å². The number of amides is 1. The maximum atomic E-state index is 12.4. The van der Waals surface area contributed by atoms with Gasteiger partial charge in [0.05, 0.1) is 11.3 Å². The molecule has 0 fully saturated rings. The number of hydrogen-bond donors (Lipinski definition) is 1. The lowest BCUT2D eigenvalue weighted by atomic mass is 10.2. The molecule has 0 saturated carbocycles. The van der Waals surface area contributed by atoms with E-state index in [1.54, 1.807) is 23.3 Å². The van der Waals surface area contributed by atoms with Crippen LogP contribution in [0, 0.1) is 13.8 Å². The van der Waals surface area contributed by atoms with Gasteiger partial charge in [0.25, 0.3) is 5.91 Å². The molecule has 118 valence electrons. The Kier molecular flexibility index (Phi) is 4.73. The number of carbonyl (C=O) groups excluding carboxylic acids is 1. The van der Waals surface area contributed by atoms with E-state index in [0.717, 1.165) is 21.9 Å². The lowest BCUT2D eigenvalue weighted by Crippen LogP contribution is -2.12. The third-order valence-corrected chi connectivity index (χ3v) is 4.97. The minimum atomic E-state index is -0.191. The Labute approximate surface area is 141 Å². The van der Waals surface area contributed by atoms with Gasteiger partial charge in [-0.2, -0.15) is 0 Å². The van der Waals surface area contributed by atoms with Gasteiger partial charge in [0, 0.05) is 16.2 Å². The molecule has 0 aliphatic carbocycles. The van der Waals surface area contributed by atoms with Gasteiger partial charge < -0.3 is 4.52 Å². The highest BCUT2D eigenvalue weighted by Crippen LogP contribution is 2.29. The predicted octanol–water partition coefficient (Wildman–Crippen LogP) is 3.69. The third-order valence-electron chi connectivity index (χ3n) is 3.27. The van der Waals surface area contributed by atoms with E-state index in [1.165, 1.54) is 11.3 Å². The lowest BCUT2D eigenvalue weighted by molar-refractivity contribution is 0.102. The lowest BCUT2D eigenvalue weighted by Gasteiger charge is -2.08. The second-order valence-electron chi connectivity index (χ2n) is 4.79. The van der Waals surface area contributed by atoms with Crippen LogP contribution in [0.5, 0.6) is 0 Å². The molecule has 8 heteroatoms. The molecule has 0 spiro atoms. The predicted molar refractivity (Wildman–Crippen MR) is 89.8 cm³/mol. The number of hydrogen-bond acceptors (Lipinski definition) is 7. The summed E-state index contributed by atoms with van der Waals surface area (Å²) in [6.07, 6.45) is 0. The first-order valence-corrected chi connectivity index (χ1v) is 8.73. The van der Waals surface area contributed by atoms with Crippen LogP contribution in [0.25, 0.3) is 0 Å². The van der Waals surface area contributed by atoms with E-state index < -0.39 is 0 Å². The van der Waals surface area contributed by atoms with E-state index in [2.05, 4.69) is 20.7 Å². The maximum Gasteiger partial charge on any atom is 0.258 e. The van der Waals surface area contributed by atoms with Crippen molar-refractivity contribution in [1.82, 2.24) is 15.4 Å². The highest BCUT2D eigenvalue weighted by atomic mass is 32.2. The number of thioether (sulfide) groups is 1. The standard InChI is InChI=1S/C15H14N4O2S2/c1-9-12(10(2)21-19-9)7-22-13-6-4-3-5-11(13)14(20)17-15-18-16-8-23-15/h3-6,8H,7H2,1-2H3,(H,17,18,20). The Hall–Kier alpha value is -2.19. The quantitative estimate of drug-likeness (QED) is 0.710. The Bertz CT molecular complexity index is 795. The first kappa shape index (κ1) is 15.7. The molecule has 0 atom stereocenters. The molecule has 0 aliphatic rings. The van der Waals surface area contributed by atoms with Crippen molar-refractivity contribution >= 4 is 34.1 Å². The maximum absolute atomic E-state index is 12.4. The molecule has 0 radical (unpaired) electrons. The number of benzene rings is 1. The van der Waals surface area contributed by atoms with Gasteiger partial charge in [-0.25, -0.2) is 0 Å². The van der Waals surface area contributed by atoms with Crippen molar-refractivity contribution in [2.45, 2.75) is 24.5 Å². The summed E-state index contributed by atoms with van der Waals surface area (Å²) >= 11 is 2.87. The Balaban J connectivity index is 1.76. The van der Waals surface area contributed by atoms with E-state index in [1.807, 2.05) is 32.0 Å². The molecule has 2 aromatic heterocycles. The summed E-state index contributed by atoms with van der Waals surface area (Å²) in [5.41, 5.74) is 4.13. The molecular weight excluding hydrogens is 332 g/mol. The van der Waals surface area contributed by atoms with Gasteiger partial charge in [-0.1, -0.05) is 28.6 Å². The largest absolute Gasteiger partial charge is 0.361 e. The van der Waals surface area contributed by atoms with Crippen LogP contribution in [-0.4, -0.2) is 21.3 Å². The zero-order chi connectivity index (χ0) is 16.2. The van der Waals surface area contributed by atoms with E-state index in [4.69, 9.17) is 4.52 Å². The Morgan fingerprint density at radius 1 is 1.35 bits per heavy atom. The molecule has 23 heavy (non-hydrogen) atoms. The zero-order valence-electron chi connectivity index (χ0n) is 12.6. The fourth-order valence-corrected chi connectivity index (χ4v) is 3.67. The molecule has 3 aromatic rings. The molecular formula is C15H14N4O2S2. The number of aryl methyl sites for hydroxylation is 2. The van der Waals surface area contributed by atoms with Crippen LogP contribution in [-0.2, 0) is 5.75 Å². The highest BCUT2D eigenvalue weighted by molar-refractivity contribution is 7.98. The van der Waals surface area contributed by atoms with Gasteiger partial charge in [-0.05, 0) is 26.0 Å². The van der Waals surface area contributed by atoms with E-state index in [9.17, 15) is 4.79 Å². The average molecular weight is 346 g/mol. The number of aromatic nitrogens is 3. The molecule has 0 aliphatic heterocycles. The molecule has 6 nitrogen and oxygen atoms in total. The Morgan fingerprint density at radius 2 is 2.17 bits per heavy atom. The van der Waals surface area contributed by atoms with Crippen LogP contribution < -0.4 is 5.32 Å². The summed E-state index contributed by atoms with van der Waals surface area (Å²) in [7, 11) is 0. The minimum absolute atomic E-state index is 0.191. The van der Waals surface area contributed by atoms with Crippen molar-refractivity contribution in [3.63, 3.8) is 0 Å². The van der Waals surface area contributed by atoms with Crippen molar-refractivity contribution in [2.75, 3.05) is 5.32 Å². The molecule has 0 bridgehead atoms. The van der Waals surface area contributed by atoms with Gasteiger partial charge >= 0.3 is 0 Å². The first-order chi connectivity index (χ1) is 11.1. The van der Waals surface area contributed by atoms with Gasteiger partial charge in [0.2, 0.25) is 5.13 Å². The summed E-state index contributed by atoms with van der Waals surface area (Å²) in [6, 6.07) is 7.48. The van der Waals surface area contributed by atoms with Crippen LogP contribution >= 0.6 is 23.1 Å². The highest BCUT2D eigenvalue weighted by Gasteiger charge is 2.15. The fraction of sp³-hybridized carbons (Fsp3) is 0.200. The smallest absolute Gasteiger partial charge is 0.258 e. The number of rotatable bonds is 5. The number of anilines is 1. The number of nitrogens with one attached hydrogen (secondary N) is 1. The van der Waals surface area contributed by atoms with E-state index in [-0.39, 0.29) is 5.91 Å². The summed E-state index contributed by atoms with van der Waals surface area (Å²) in [4.78, 5) is 13.3. The minimum Gasteiger partial charge on any atom is -0.361 e. The van der Waals surface area contributed by atoms with Gasteiger partial charge in [-0.15, -0.1) is 22.0 Å². The Morgan fingerprint density at radius 3 is 2.87 bits per heavy atom. The van der Waals surface area contributed by atoms with Gasteiger partial charge in [-0.3, -0.25) is 10.1 Å². The van der Waals surface area contributed by atoms with E-state index in [0.29, 0.717) is 16.4 Å². The first-order valence-electron chi connectivity index (χ1n) is 6.86. The molecule has 2 heterocycles. The number of carbonyl (C=O) groups is 1. The van der Waals surface area contributed by atoms with Crippen LogP contribution in [0.15, 0.2) is 39.2 Å². The van der Waals surface area contributed by atoms with Gasteiger partial charge in [0.15, 0.2) is 0 Å². The van der Waals surface area contributed by atoms with Crippen LogP contribution in [0.2, 0.25) is 0 Å². The molecule has 0 unspecified atom stereocenters. The summed E-state index contributed by atoms with van der Waals surface area (Å²) in [6.45, 7) is 3.81. The molecule has 0 saturated heterocycles. The summed E-state index contributed by atoms with van der Waals surface area (Å²) in [5, 5.41) is 14.7. The topological polar surface area (TPSA) is 80.9 Å². The SMILES string of the molecule is Cc1noc(C)c1CSc1ccccc1C(=O)Nc1nncs1. The molecule has 3 rings (SSSR count). The monoisotopic (exact) mass is 346 g/mol. The van der Waals surface area contributed by atoms with E-state index >= 15 is 0 Å². The zero-order valence-corrected chi connectivity index (χ0v) is 14.2. The van der Waals surface area contributed by atoms with Crippen LogP contribution in [0.3, 0.4) is 0 Å². The van der Waals surface area contributed by atoms with Crippen molar-refractivity contribution in [3.8, 4) is 0 Å². The molecule has 1 N–H and O–H groups in total. The summed E-state index contributed by atoms with van der Waals surface area (Å²) in [5.74, 6) is 1.32. The van der Waals surface area contributed by atoms with Crippen molar-refractivity contribution in [2.24, 2.45) is 0 Å². The third kappa shape index (κ3) is 3.59. The second kappa shape index (κ2) is 6.93.